The first-order valence-electron chi connectivity index (χ1n) is 6.41. The first-order chi connectivity index (χ1) is 10.5. The Morgan fingerprint density at radius 3 is 2.77 bits per heavy atom. The minimum atomic E-state index is -0.527. The van der Waals surface area contributed by atoms with Crippen LogP contribution in [0.4, 0.5) is 11.4 Å². The summed E-state index contributed by atoms with van der Waals surface area (Å²) in [5.41, 5.74) is 1.20. The molecule has 2 aromatic rings. The number of hydrogen-bond donors (Lipinski definition) is 0. The second-order valence-corrected chi connectivity index (χ2v) is 5.84. The molecule has 22 heavy (non-hydrogen) atoms. The molecule has 114 valence electrons. The Bertz CT molecular complexity index is 735. The molecule has 0 saturated heterocycles. The predicted octanol–water partition coefficient (Wildman–Crippen LogP) is 5.00. The van der Waals surface area contributed by atoms with Gasteiger partial charge in [0.2, 0.25) is 0 Å². The van der Waals surface area contributed by atoms with Crippen molar-refractivity contribution in [3.05, 3.63) is 60.7 Å². The van der Waals surface area contributed by atoms with Crippen molar-refractivity contribution in [2.75, 3.05) is 6.61 Å². The summed E-state index contributed by atoms with van der Waals surface area (Å²) in [6.45, 7) is 2.54. The van der Waals surface area contributed by atoms with Crippen molar-refractivity contribution in [2.24, 2.45) is 4.99 Å². The maximum atomic E-state index is 10.8. The smallest absolute Gasteiger partial charge is 0.290 e. The molecule has 0 unspecified atom stereocenters. The van der Waals surface area contributed by atoms with Gasteiger partial charge < -0.3 is 4.74 Å². The molecule has 0 atom stereocenters. The molecule has 0 heterocycles. The summed E-state index contributed by atoms with van der Waals surface area (Å²) in [6.07, 6.45) is 1.64. The van der Waals surface area contributed by atoms with Gasteiger partial charge in [-0.1, -0.05) is 11.6 Å². The summed E-state index contributed by atoms with van der Waals surface area (Å²) < 4.78 is 6.45. The van der Waals surface area contributed by atoms with E-state index < -0.39 is 4.92 Å². The molecule has 5 nitrogen and oxygen atoms in total. The highest BCUT2D eigenvalue weighted by Crippen LogP contribution is 2.29. The number of aliphatic imine (C=N–C) groups is 1. The number of rotatable bonds is 5. The summed E-state index contributed by atoms with van der Waals surface area (Å²) in [4.78, 5) is 14.6. The van der Waals surface area contributed by atoms with Crippen molar-refractivity contribution in [1.29, 1.82) is 0 Å². The van der Waals surface area contributed by atoms with Crippen molar-refractivity contribution in [3.63, 3.8) is 0 Å². The molecular formula is C15H12ClIN2O3. The fourth-order valence-corrected chi connectivity index (χ4v) is 2.62. The van der Waals surface area contributed by atoms with E-state index in [1.807, 2.05) is 25.1 Å². The molecule has 0 bridgehead atoms. The molecule has 0 aliphatic carbocycles. The zero-order valence-corrected chi connectivity index (χ0v) is 14.5. The van der Waals surface area contributed by atoms with Crippen molar-refractivity contribution in [2.45, 2.75) is 6.92 Å². The molecule has 0 N–H and O–H groups in total. The van der Waals surface area contributed by atoms with Crippen LogP contribution in [0.15, 0.2) is 41.4 Å². The molecule has 0 aromatic heterocycles. The SMILES string of the molecule is CCOc1ccc(C=Nc2ccc(Cl)c([N+](=O)[O-])c2)cc1I. The van der Waals surface area contributed by atoms with E-state index in [9.17, 15) is 10.1 Å². The third-order valence-electron chi connectivity index (χ3n) is 2.74. The zero-order chi connectivity index (χ0) is 16.1. The second-order valence-electron chi connectivity index (χ2n) is 4.27. The first-order valence-corrected chi connectivity index (χ1v) is 7.87. The second kappa shape index (κ2) is 7.55. The Labute approximate surface area is 146 Å². The van der Waals surface area contributed by atoms with Gasteiger partial charge in [-0.2, -0.15) is 0 Å². The lowest BCUT2D eigenvalue weighted by atomic mass is 10.2. The third kappa shape index (κ3) is 4.17. The number of nitrogens with zero attached hydrogens (tertiary/aromatic N) is 2. The Balaban J connectivity index is 2.23. The molecule has 0 fully saturated rings. The largest absolute Gasteiger partial charge is 0.493 e. The van der Waals surface area contributed by atoms with E-state index in [0.29, 0.717) is 12.3 Å². The lowest BCUT2D eigenvalue weighted by Gasteiger charge is -2.05. The van der Waals surface area contributed by atoms with Crippen LogP contribution in [0.25, 0.3) is 0 Å². The highest BCUT2D eigenvalue weighted by atomic mass is 127. The van der Waals surface area contributed by atoms with Gasteiger partial charge in [0.15, 0.2) is 0 Å². The van der Waals surface area contributed by atoms with Crippen molar-refractivity contribution < 1.29 is 9.66 Å². The molecular weight excluding hydrogens is 419 g/mol. The van der Waals surface area contributed by atoms with Crippen LogP contribution in [0.3, 0.4) is 0 Å². The average Bonchev–Trinajstić information content (AvgIpc) is 2.49. The number of nitro groups is 1. The fourth-order valence-electron chi connectivity index (χ4n) is 1.74. The van der Waals surface area contributed by atoms with Crippen LogP contribution >= 0.6 is 34.2 Å². The van der Waals surface area contributed by atoms with Crippen molar-refractivity contribution in [3.8, 4) is 5.75 Å². The van der Waals surface area contributed by atoms with Gasteiger partial charge in [-0.25, -0.2) is 0 Å². The van der Waals surface area contributed by atoms with E-state index in [4.69, 9.17) is 16.3 Å². The van der Waals surface area contributed by atoms with Crippen LogP contribution in [-0.2, 0) is 0 Å². The molecule has 2 aromatic carbocycles. The molecule has 0 aliphatic rings. The van der Waals surface area contributed by atoms with Crippen LogP contribution in [-0.4, -0.2) is 17.7 Å². The number of nitro benzene ring substituents is 1. The van der Waals surface area contributed by atoms with Gasteiger partial charge in [0, 0.05) is 12.3 Å². The molecule has 7 heteroatoms. The van der Waals surface area contributed by atoms with Crippen LogP contribution in [0, 0.1) is 13.7 Å². The van der Waals surface area contributed by atoms with Gasteiger partial charge in [-0.15, -0.1) is 0 Å². The van der Waals surface area contributed by atoms with Crippen LogP contribution < -0.4 is 4.74 Å². The molecule has 0 amide bonds. The summed E-state index contributed by atoms with van der Waals surface area (Å²) in [5.74, 6) is 0.822. The number of ether oxygens (including phenoxy) is 1. The summed E-state index contributed by atoms with van der Waals surface area (Å²) in [7, 11) is 0. The number of halogens is 2. The van der Waals surface area contributed by atoms with Gasteiger partial charge in [0.25, 0.3) is 5.69 Å². The van der Waals surface area contributed by atoms with Crippen LogP contribution in [0.5, 0.6) is 5.75 Å². The first kappa shape index (κ1) is 16.7. The maximum absolute atomic E-state index is 10.8. The Kier molecular flexibility index (Phi) is 5.73. The van der Waals surface area contributed by atoms with E-state index in [0.717, 1.165) is 14.9 Å². The molecule has 0 saturated carbocycles. The Morgan fingerprint density at radius 2 is 2.14 bits per heavy atom. The van der Waals surface area contributed by atoms with Gasteiger partial charge >= 0.3 is 0 Å². The van der Waals surface area contributed by atoms with E-state index in [1.165, 1.54) is 12.1 Å². The average molecular weight is 431 g/mol. The summed E-state index contributed by atoms with van der Waals surface area (Å²) >= 11 is 7.96. The van der Waals surface area contributed by atoms with E-state index in [2.05, 4.69) is 27.6 Å². The zero-order valence-electron chi connectivity index (χ0n) is 11.6. The van der Waals surface area contributed by atoms with E-state index >= 15 is 0 Å². The Morgan fingerprint density at radius 1 is 1.36 bits per heavy atom. The minimum absolute atomic E-state index is 0.0968. The van der Waals surface area contributed by atoms with E-state index in [1.54, 1.807) is 12.3 Å². The normalized spacial score (nSPS) is 10.9. The molecule has 0 aliphatic heterocycles. The quantitative estimate of drug-likeness (QED) is 0.290. The molecule has 0 spiro atoms. The Hall–Kier alpha value is -1.67. The highest BCUT2D eigenvalue weighted by molar-refractivity contribution is 14.1. The maximum Gasteiger partial charge on any atom is 0.290 e. The van der Waals surface area contributed by atoms with Crippen LogP contribution in [0.2, 0.25) is 5.02 Å². The standard InChI is InChI=1S/C15H12ClIN2O3/c1-2-22-15-6-3-10(7-13(15)17)9-18-11-4-5-12(16)14(8-11)19(20)21/h3-9H,2H2,1H3. The number of hydrogen-bond acceptors (Lipinski definition) is 4. The summed E-state index contributed by atoms with van der Waals surface area (Å²) in [5, 5.41) is 10.9. The van der Waals surface area contributed by atoms with Gasteiger partial charge in [-0.05, 0) is 65.4 Å². The minimum Gasteiger partial charge on any atom is -0.493 e. The third-order valence-corrected chi connectivity index (χ3v) is 3.91. The summed E-state index contributed by atoms with van der Waals surface area (Å²) in [6, 6.07) is 10.1. The van der Waals surface area contributed by atoms with Crippen molar-refractivity contribution in [1.82, 2.24) is 0 Å². The predicted molar refractivity (Wildman–Crippen MR) is 95.7 cm³/mol. The van der Waals surface area contributed by atoms with Gasteiger partial charge in [0.05, 0.1) is 20.8 Å². The number of benzene rings is 2. The topological polar surface area (TPSA) is 64.7 Å². The lowest BCUT2D eigenvalue weighted by molar-refractivity contribution is -0.384. The monoisotopic (exact) mass is 430 g/mol. The fraction of sp³-hybridized carbons (Fsp3) is 0.133. The molecule has 2 rings (SSSR count). The van der Waals surface area contributed by atoms with Gasteiger partial charge in [0.1, 0.15) is 10.8 Å². The highest BCUT2D eigenvalue weighted by Gasteiger charge is 2.12. The lowest BCUT2D eigenvalue weighted by Crippen LogP contribution is -1.94. The van der Waals surface area contributed by atoms with Gasteiger partial charge in [-0.3, -0.25) is 15.1 Å². The molecule has 0 radical (unpaired) electrons. The van der Waals surface area contributed by atoms with Crippen molar-refractivity contribution >= 4 is 51.8 Å². The van der Waals surface area contributed by atoms with E-state index in [-0.39, 0.29) is 10.7 Å². The van der Waals surface area contributed by atoms with Crippen LogP contribution in [0.1, 0.15) is 12.5 Å².